The Labute approximate surface area is 107 Å². The number of hydrogen-bond acceptors (Lipinski definition) is 5. The molecule has 1 atom stereocenters. The first kappa shape index (κ1) is 11.4. The third-order valence-electron chi connectivity index (χ3n) is 3.61. The van der Waals surface area contributed by atoms with Gasteiger partial charge < -0.3 is 10.2 Å². The Balaban J connectivity index is 1.65. The van der Waals surface area contributed by atoms with Gasteiger partial charge in [0.2, 0.25) is 5.13 Å². The maximum Gasteiger partial charge on any atom is 0.205 e. The summed E-state index contributed by atoms with van der Waals surface area (Å²) in [7, 11) is 0. The molecule has 0 bridgehead atoms. The Hall–Kier alpha value is -0.680. The standard InChI is InChI=1S/C12H20N4S/c1-9-14-12(17-15-9)16-7-3-2-4-11(16)8-13-10-5-6-10/h10-11,13H,2-8H2,1H3. The Morgan fingerprint density at radius 1 is 1.35 bits per heavy atom. The van der Waals surface area contributed by atoms with Crippen molar-refractivity contribution >= 4 is 16.7 Å². The zero-order valence-electron chi connectivity index (χ0n) is 10.4. The molecule has 17 heavy (non-hydrogen) atoms. The molecule has 1 aromatic rings. The Kier molecular flexibility index (Phi) is 3.29. The zero-order valence-corrected chi connectivity index (χ0v) is 11.2. The summed E-state index contributed by atoms with van der Waals surface area (Å²) in [6, 6.07) is 1.42. The highest BCUT2D eigenvalue weighted by molar-refractivity contribution is 7.09. The molecule has 1 saturated heterocycles. The molecular weight excluding hydrogens is 232 g/mol. The Morgan fingerprint density at radius 3 is 2.94 bits per heavy atom. The van der Waals surface area contributed by atoms with Crippen molar-refractivity contribution in [3.05, 3.63) is 5.82 Å². The lowest BCUT2D eigenvalue weighted by atomic mass is 10.0. The second kappa shape index (κ2) is 4.90. The molecule has 94 valence electrons. The number of hydrogen-bond donors (Lipinski definition) is 1. The third kappa shape index (κ3) is 2.77. The average Bonchev–Trinajstić information content (AvgIpc) is 3.08. The SMILES string of the molecule is Cc1nsc(N2CCCCC2CNC2CC2)n1. The van der Waals surface area contributed by atoms with Crippen LogP contribution < -0.4 is 10.2 Å². The lowest BCUT2D eigenvalue weighted by molar-refractivity contribution is 0.434. The molecule has 1 N–H and O–H groups in total. The second-order valence-electron chi connectivity index (χ2n) is 5.15. The first-order valence-corrected chi connectivity index (χ1v) is 7.40. The molecule has 1 saturated carbocycles. The molecule has 2 heterocycles. The van der Waals surface area contributed by atoms with Crippen LogP contribution in [-0.2, 0) is 0 Å². The summed E-state index contributed by atoms with van der Waals surface area (Å²) >= 11 is 1.55. The number of anilines is 1. The monoisotopic (exact) mass is 252 g/mol. The minimum atomic E-state index is 0.622. The van der Waals surface area contributed by atoms with Crippen molar-refractivity contribution in [2.24, 2.45) is 0 Å². The normalized spacial score (nSPS) is 25.2. The predicted molar refractivity (Wildman–Crippen MR) is 70.7 cm³/mol. The van der Waals surface area contributed by atoms with E-state index in [2.05, 4.69) is 19.6 Å². The Morgan fingerprint density at radius 2 is 2.24 bits per heavy atom. The number of piperidine rings is 1. The van der Waals surface area contributed by atoms with Gasteiger partial charge in [0.05, 0.1) is 0 Å². The molecule has 2 aliphatic rings. The molecule has 0 amide bonds. The van der Waals surface area contributed by atoms with E-state index in [1.165, 1.54) is 32.1 Å². The lowest BCUT2D eigenvalue weighted by Crippen LogP contribution is -2.46. The maximum absolute atomic E-state index is 4.53. The van der Waals surface area contributed by atoms with Crippen LogP contribution in [0.4, 0.5) is 5.13 Å². The molecule has 5 heteroatoms. The fraction of sp³-hybridized carbons (Fsp3) is 0.833. The van der Waals surface area contributed by atoms with Gasteiger partial charge in [-0.25, -0.2) is 4.98 Å². The number of nitrogens with zero attached hydrogens (tertiary/aromatic N) is 3. The van der Waals surface area contributed by atoms with Crippen LogP contribution >= 0.6 is 11.5 Å². The molecule has 0 radical (unpaired) electrons. The summed E-state index contributed by atoms with van der Waals surface area (Å²) in [4.78, 5) is 6.99. The van der Waals surface area contributed by atoms with Gasteiger partial charge in [-0.3, -0.25) is 0 Å². The summed E-state index contributed by atoms with van der Waals surface area (Å²) in [5.74, 6) is 0.907. The maximum atomic E-state index is 4.53. The van der Waals surface area contributed by atoms with Crippen molar-refractivity contribution in [3.8, 4) is 0 Å². The van der Waals surface area contributed by atoms with E-state index >= 15 is 0 Å². The summed E-state index contributed by atoms with van der Waals surface area (Å²) in [6.45, 7) is 4.23. The highest BCUT2D eigenvalue weighted by atomic mass is 32.1. The first-order chi connectivity index (χ1) is 8.33. The van der Waals surface area contributed by atoms with Crippen molar-refractivity contribution in [1.29, 1.82) is 0 Å². The molecule has 1 aliphatic heterocycles. The topological polar surface area (TPSA) is 41.1 Å². The van der Waals surface area contributed by atoms with E-state index < -0.39 is 0 Å². The molecule has 4 nitrogen and oxygen atoms in total. The Bertz CT molecular complexity index is 374. The average molecular weight is 252 g/mol. The van der Waals surface area contributed by atoms with Gasteiger partial charge in [0.1, 0.15) is 5.82 Å². The van der Waals surface area contributed by atoms with Crippen LogP contribution in [0.3, 0.4) is 0 Å². The van der Waals surface area contributed by atoms with Crippen LogP contribution in [0.5, 0.6) is 0 Å². The van der Waals surface area contributed by atoms with E-state index in [0.717, 1.165) is 30.1 Å². The lowest BCUT2D eigenvalue weighted by Gasteiger charge is -2.35. The van der Waals surface area contributed by atoms with Gasteiger partial charge in [0.25, 0.3) is 0 Å². The number of aryl methyl sites for hydroxylation is 1. The summed E-state index contributed by atoms with van der Waals surface area (Å²) in [5.41, 5.74) is 0. The van der Waals surface area contributed by atoms with Gasteiger partial charge in [-0.15, -0.1) is 0 Å². The van der Waals surface area contributed by atoms with Crippen LogP contribution in [0.15, 0.2) is 0 Å². The van der Waals surface area contributed by atoms with Crippen LogP contribution in [0.1, 0.15) is 37.9 Å². The van der Waals surface area contributed by atoms with Gasteiger partial charge >= 0.3 is 0 Å². The van der Waals surface area contributed by atoms with E-state index in [1.54, 1.807) is 11.5 Å². The predicted octanol–water partition coefficient (Wildman–Crippen LogP) is 1.96. The van der Waals surface area contributed by atoms with Gasteiger partial charge in [0.15, 0.2) is 0 Å². The summed E-state index contributed by atoms with van der Waals surface area (Å²) < 4.78 is 4.30. The number of rotatable bonds is 4. The summed E-state index contributed by atoms with van der Waals surface area (Å²) in [6.07, 6.45) is 6.66. The van der Waals surface area contributed by atoms with Gasteiger partial charge in [0, 0.05) is 36.7 Å². The highest BCUT2D eigenvalue weighted by Crippen LogP contribution is 2.27. The molecule has 1 aromatic heterocycles. The van der Waals surface area contributed by atoms with E-state index in [4.69, 9.17) is 0 Å². The van der Waals surface area contributed by atoms with Crippen LogP contribution in [-0.4, -0.2) is 34.5 Å². The fourth-order valence-electron chi connectivity index (χ4n) is 2.46. The fourth-order valence-corrected chi connectivity index (χ4v) is 3.23. The zero-order chi connectivity index (χ0) is 11.7. The summed E-state index contributed by atoms with van der Waals surface area (Å²) in [5, 5.41) is 4.76. The third-order valence-corrected chi connectivity index (χ3v) is 4.45. The van der Waals surface area contributed by atoms with Crippen LogP contribution in [0, 0.1) is 6.92 Å². The van der Waals surface area contributed by atoms with Crippen LogP contribution in [0.2, 0.25) is 0 Å². The molecule has 0 aromatic carbocycles. The van der Waals surface area contributed by atoms with Gasteiger partial charge in [-0.2, -0.15) is 4.37 Å². The van der Waals surface area contributed by atoms with E-state index in [-0.39, 0.29) is 0 Å². The van der Waals surface area contributed by atoms with Crippen molar-refractivity contribution in [3.63, 3.8) is 0 Å². The molecule has 2 fully saturated rings. The van der Waals surface area contributed by atoms with Gasteiger partial charge in [-0.05, 0) is 39.0 Å². The molecular formula is C12H20N4S. The number of aromatic nitrogens is 2. The van der Waals surface area contributed by atoms with Gasteiger partial charge in [-0.1, -0.05) is 0 Å². The highest BCUT2D eigenvalue weighted by Gasteiger charge is 2.27. The first-order valence-electron chi connectivity index (χ1n) is 6.63. The molecule has 0 spiro atoms. The smallest absolute Gasteiger partial charge is 0.205 e. The van der Waals surface area contributed by atoms with E-state index in [1.807, 2.05) is 6.92 Å². The van der Waals surface area contributed by atoms with Crippen molar-refractivity contribution in [2.75, 3.05) is 18.0 Å². The van der Waals surface area contributed by atoms with Crippen molar-refractivity contribution in [2.45, 2.75) is 51.1 Å². The van der Waals surface area contributed by atoms with Crippen molar-refractivity contribution in [1.82, 2.24) is 14.7 Å². The van der Waals surface area contributed by atoms with E-state index in [9.17, 15) is 0 Å². The number of nitrogens with one attached hydrogen (secondary N) is 1. The quantitative estimate of drug-likeness (QED) is 0.889. The molecule has 1 aliphatic carbocycles. The minimum absolute atomic E-state index is 0.622. The molecule has 3 rings (SSSR count). The molecule has 1 unspecified atom stereocenters. The van der Waals surface area contributed by atoms with E-state index in [0.29, 0.717) is 6.04 Å². The second-order valence-corrected chi connectivity index (χ2v) is 5.88. The minimum Gasteiger partial charge on any atom is -0.343 e. The van der Waals surface area contributed by atoms with Crippen molar-refractivity contribution < 1.29 is 0 Å². The largest absolute Gasteiger partial charge is 0.343 e. The van der Waals surface area contributed by atoms with Crippen LogP contribution in [0.25, 0.3) is 0 Å².